The molecule has 0 aromatic heterocycles. The van der Waals surface area contributed by atoms with Crippen molar-refractivity contribution >= 4 is 11.4 Å². The highest BCUT2D eigenvalue weighted by molar-refractivity contribution is 5.59. The van der Waals surface area contributed by atoms with Gasteiger partial charge in [-0.05, 0) is 19.4 Å². The second-order valence-corrected chi connectivity index (χ2v) is 3.81. The topological polar surface area (TPSA) is 47.3 Å². The van der Waals surface area contributed by atoms with Gasteiger partial charge in [-0.2, -0.15) is 0 Å². The van der Waals surface area contributed by atoms with E-state index in [0.29, 0.717) is 12.3 Å². The second kappa shape index (κ2) is 6.05. The summed E-state index contributed by atoms with van der Waals surface area (Å²) in [5, 5.41) is 3.27. The first kappa shape index (κ1) is 12.4. The second-order valence-electron chi connectivity index (χ2n) is 3.81. The van der Waals surface area contributed by atoms with Crippen LogP contribution in [-0.4, -0.2) is 12.6 Å². The van der Waals surface area contributed by atoms with Crippen molar-refractivity contribution in [3.05, 3.63) is 30.9 Å². The van der Waals surface area contributed by atoms with Crippen LogP contribution >= 0.6 is 0 Å². The van der Waals surface area contributed by atoms with Crippen molar-refractivity contribution in [2.75, 3.05) is 17.7 Å². The van der Waals surface area contributed by atoms with E-state index in [2.05, 4.69) is 18.8 Å². The molecule has 1 rings (SSSR count). The van der Waals surface area contributed by atoms with Gasteiger partial charge in [0, 0.05) is 29.5 Å². The zero-order valence-electron chi connectivity index (χ0n) is 9.99. The summed E-state index contributed by atoms with van der Waals surface area (Å²) in [7, 11) is 0. The van der Waals surface area contributed by atoms with E-state index in [4.69, 9.17) is 10.5 Å². The highest BCUT2D eigenvalue weighted by Gasteiger charge is 2.01. The van der Waals surface area contributed by atoms with Gasteiger partial charge in [0.25, 0.3) is 0 Å². The Morgan fingerprint density at radius 1 is 1.50 bits per heavy atom. The van der Waals surface area contributed by atoms with E-state index in [1.54, 1.807) is 0 Å². The molecule has 0 heterocycles. The molecular weight excluding hydrogens is 200 g/mol. The molecule has 0 fully saturated rings. The molecule has 1 aromatic carbocycles. The third kappa shape index (κ3) is 3.85. The first-order chi connectivity index (χ1) is 7.65. The number of nitrogen functional groups attached to an aromatic ring is 1. The number of nitrogens with one attached hydrogen (secondary N) is 1. The lowest BCUT2D eigenvalue weighted by Crippen LogP contribution is -2.11. The quantitative estimate of drug-likeness (QED) is 0.572. The van der Waals surface area contributed by atoms with E-state index in [1.807, 2.05) is 31.2 Å². The molecule has 3 N–H and O–H groups in total. The highest BCUT2D eigenvalue weighted by atomic mass is 16.5. The number of rotatable bonds is 6. The predicted molar refractivity (Wildman–Crippen MR) is 69.9 cm³/mol. The molecule has 16 heavy (non-hydrogen) atoms. The third-order valence-corrected chi connectivity index (χ3v) is 2.15. The first-order valence-corrected chi connectivity index (χ1v) is 5.58. The summed E-state index contributed by atoms with van der Waals surface area (Å²) in [6.45, 7) is 8.54. The normalized spacial score (nSPS) is 11.9. The minimum atomic E-state index is 0.209. The van der Waals surface area contributed by atoms with E-state index in [9.17, 15) is 0 Å². The Morgan fingerprint density at radius 3 is 2.88 bits per heavy atom. The SMILES string of the molecule is C=CC(C)Nc1cc(N)cc(OCCC)c1. The summed E-state index contributed by atoms with van der Waals surface area (Å²) >= 11 is 0. The van der Waals surface area contributed by atoms with Crippen molar-refractivity contribution in [2.45, 2.75) is 26.3 Å². The van der Waals surface area contributed by atoms with Crippen molar-refractivity contribution in [1.82, 2.24) is 0 Å². The standard InChI is InChI=1S/C13H20N2O/c1-4-6-16-13-8-11(14)7-12(9-13)15-10(3)5-2/h5,7-10,15H,2,4,6,14H2,1,3H3. The molecule has 0 amide bonds. The summed E-state index contributed by atoms with van der Waals surface area (Å²) in [6.07, 6.45) is 2.83. The van der Waals surface area contributed by atoms with Crippen LogP contribution in [0.1, 0.15) is 20.3 Å². The monoisotopic (exact) mass is 220 g/mol. The van der Waals surface area contributed by atoms with Gasteiger partial charge in [-0.3, -0.25) is 0 Å². The molecular formula is C13H20N2O. The smallest absolute Gasteiger partial charge is 0.123 e. The average Bonchev–Trinajstić information content (AvgIpc) is 2.25. The molecule has 0 aliphatic carbocycles. The fourth-order valence-corrected chi connectivity index (χ4v) is 1.33. The summed E-state index contributed by atoms with van der Waals surface area (Å²) in [4.78, 5) is 0. The van der Waals surface area contributed by atoms with Crippen molar-refractivity contribution < 1.29 is 4.74 Å². The molecule has 3 nitrogen and oxygen atoms in total. The summed E-state index contributed by atoms with van der Waals surface area (Å²) in [5.74, 6) is 0.806. The fourth-order valence-electron chi connectivity index (χ4n) is 1.33. The minimum Gasteiger partial charge on any atom is -0.493 e. The molecule has 0 radical (unpaired) electrons. The van der Waals surface area contributed by atoms with Gasteiger partial charge < -0.3 is 15.8 Å². The van der Waals surface area contributed by atoms with Crippen molar-refractivity contribution in [3.63, 3.8) is 0 Å². The molecule has 0 spiro atoms. The van der Waals surface area contributed by atoms with Crippen LogP contribution in [-0.2, 0) is 0 Å². The molecule has 0 saturated heterocycles. The predicted octanol–water partition coefficient (Wildman–Crippen LogP) is 3.04. The van der Waals surface area contributed by atoms with Gasteiger partial charge >= 0.3 is 0 Å². The first-order valence-electron chi connectivity index (χ1n) is 5.58. The van der Waals surface area contributed by atoms with Crippen LogP contribution in [0.25, 0.3) is 0 Å². The molecule has 1 aromatic rings. The molecule has 0 bridgehead atoms. The lowest BCUT2D eigenvalue weighted by molar-refractivity contribution is 0.318. The Morgan fingerprint density at radius 2 is 2.25 bits per heavy atom. The van der Waals surface area contributed by atoms with Gasteiger partial charge in [0.15, 0.2) is 0 Å². The fraction of sp³-hybridized carbons (Fsp3) is 0.385. The largest absolute Gasteiger partial charge is 0.493 e. The maximum atomic E-state index is 5.80. The lowest BCUT2D eigenvalue weighted by atomic mass is 10.2. The maximum Gasteiger partial charge on any atom is 0.123 e. The Balaban J connectivity index is 2.76. The van der Waals surface area contributed by atoms with Gasteiger partial charge in [0.05, 0.1) is 6.61 Å². The van der Waals surface area contributed by atoms with Crippen molar-refractivity contribution in [2.24, 2.45) is 0 Å². The van der Waals surface area contributed by atoms with E-state index in [1.165, 1.54) is 0 Å². The van der Waals surface area contributed by atoms with Gasteiger partial charge in [0.1, 0.15) is 5.75 Å². The van der Waals surface area contributed by atoms with Crippen LogP contribution < -0.4 is 15.8 Å². The van der Waals surface area contributed by atoms with E-state index in [-0.39, 0.29) is 6.04 Å². The van der Waals surface area contributed by atoms with Crippen LogP contribution in [0.4, 0.5) is 11.4 Å². The number of ether oxygens (including phenoxy) is 1. The number of anilines is 2. The Labute approximate surface area is 97.3 Å². The Bertz CT molecular complexity index is 350. The molecule has 3 heteroatoms. The zero-order chi connectivity index (χ0) is 12.0. The summed E-state index contributed by atoms with van der Waals surface area (Å²) < 4.78 is 5.55. The van der Waals surface area contributed by atoms with Crippen LogP contribution in [0.3, 0.4) is 0 Å². The molecule has 1 unspecified atom stereocenters. The number of nitrogens with two attached hydrogens (primary N) is 1. The molecule has 0 saturated carbocycles. The summed E-state index contributed by atoms with van der Waals surface area (Å²) in [5.41, 5.74) is 7.46. The maximum absolute atomic E-state index is 5.80. The van der Waals surface area contributed by atoms with Crippen LogP contribution in [0.5, 0.6) is 5.75 Å². The van der Waals surface area contributed by atoms with Gasteiger partial charge in [0.2, 0.25) is 0 Å². The van der Waals surface area contributed by atoms with Crippen LogP contribution in [0, 0.1) is 0 Å². The van der Waals surface area contributed by atoms with E-state index < -0.39 is 0 Å². The minimum absolute atomic E-state index is 0.209. The molecule has 0 aliphatic heterocycles. The third-order valence-electron chi connectivity index (χ3n) is 2.15. The molecule has 1 atom stereocenters. The van der Waals surface area contributed by atoms with Crippen LogP contribution in [0.15, 0.2) is 30.9 Å². The number of hydrogen-bond donors (Lipinski definition) is 2. The number of benzene rings is 1. The lowest BCUT2D eigenvalue weighted by Gasteiger charge is -2.13. The average molecular weight is 220 g/mol. The highest BCUT2D eigenvalue weighted by Crippen LogP contribution is 2.23. The van der Waals surface area contributed by atoms with Crippen LogP contribution in [0.2, 0.25) is 0 Å². The molecule has 88 valence electrons. The van der Waals surface area contributed by atoms with Crippen molar-refractivity contribution in [3.8, 4) is 5.75 Å². The summed E-state index contributed by atoms with van der Waals surface area (Å²) in [6, 6.07) is 5.88. The van der Waals surface area contributed by atoms with Gasteiger partial charge in [-0.25, -0.2) is 0 Å². The Hall–Kier alpha value is -1.64. The van der Waals surface area contributed by atoms with Gasteiger partial charge in [-0.1, -0.05) is 13.0 Å². The van der Waals surface area contributed by atoms with E-state index >= 15 is 0 Å². The van der Waals surface area contributed by atoms with Gasteiger partial charge in [-0.15, -0.1) is 6.58 Å². The Kier molecular flexibility index (Phi) is 4.70. The molecule has 0 aliphatic rings. The van der Waals surface area contributed by atoms with E-state index in [0.717, 1.165) is 17.9 Å². The zero-order valence-corrected chi connectivity index (χ0v) is 9.99. The van der Waals surface area contributed by atoms with Crippen molar-refractivity contribution in [1.29, 1.82) is 0 Å². The number of hydrogen-bond acceptors (Lipinski definition) is 3.